The molecule has 0 radical (unpaired) electrons. The fraction of sp³-hybridized carbons (Fsp3) is 0.550. The fourth-order valence-corrected chi connectivity index (χ4v) is 3.50. The summed E-state index contributed by atoms with van der Waals surface area (Å²) in [7, 11) is 0. The van der Waals surface area contributed by atoms with Crippen molar-refractivity contribution >= 4 is 47.4 Å². The van der Waals surface area contributed by atoms with Crippen LogP contribution in [-0.4, -0.2) is 79.9 Å². The minimum absolute atomic E-state index is 0. The zero-order chi connectivity index (χ0) is 19.9. The van der Waals surface area contributed by atoms with Crippen LogP contribution in [0, 0.1) is 0 Å². The summed E-state index contributed by atoms with van der Waals surface area (Å²) in [6.45, 7) is 10.1. The molecule has 0 spiro atoms. The summed E-state index contributed by atoms with van der Waals surface area (Å²) in [4.78, 5) is 34.0. The number of rotatable bonds is 4. The van der Waals surface area contributed by atoms with Crippen LogP contribution in [-0.2, 0) is 16.1 Å². The Hall–Kier alpha value is -2.04. The summed E-state index contributed by atoms with van der Waals surface area (Å²) in [6.07, 6.45) is 0. The van der Waals surface area contributed by atoms with Gasteiger partial charge in [0.2, 0.25) is 11.8 Å². The topological polar surface area (TPSA) is 80.3 Å². The third kappa shape index (κ3) is 6.48. The van der Waals surface area contributed by atoms with Crippen molar-refractivity contribution in [2.45, 2.75) is 20.4 Å². The highest BCUT2D eigenvalue weighted by Gasteiger charge is 2.21. The van der Waals surface area contributed by atoms with E-state index in [-0.39, 0.29) is 35.8 Å². The maximum atomic E-state index is 11.6. The minimum Gasteiger partial charge on any atom is -0.360 e. The number of halogens is 1. The van der Waals surface area contributed by atoms with E-state index in [1.807, 2.05) is 4.90 Å². The molecule has 2 aliphatic heterocycles. The molecule has 160 valence electrons. The molecule has 0 unspecified atom stereocenters. The maximum absolute atomic E-state index is 11.6. The van der Waals surface area contributed by atoms with Gasteiger partial charge in [-0.15, -0.1) is 24.0 Å². The van der Waals surface area contributed by atoms with Crippen molar-refractivity contribution in [1.82, 2.24) is 20.4 Å². The highest BCUT2D eigenvalue weighted by Crippen LogP contribution is 2.16. The molecule has 2 aliphatic rings. The second-order valence-electron chi connectivity index (χ2n) is 7.10. The van der Waals surface area contributed by atoms with E-state index in [4.69, 9.17) is 4.99 Å². The van der Waals surface area contributed by atoms with Gasteiger partial charge in [0.1, 0.15) is 0 Å². The Balaban J connectivity index is 0.00000300. The van der Waals surface area contributed by atoms with E-state index in [0.717, 1.165) is 56.5 Å². The average Bonchev–Trinajstić information content (AvgIpc) is 2.71. The number of nitrogens with one attached hydrogen (secondary N) is 2. The van der Waals surface area contributed by atoms with Crippen molar-refractivity contribution in [2.24, 2.45) is 4.99 Å². The molecular weight excluding hydrogens is 483 g/mol. The van der Waals surface area contributed by atoms with E-state index in [0.29, 0.717) is 19.6 Å². The Bertz CT molecular complexity index is 716. The molecule has 2 saturated heterocycles. The third-order valence-electron chi connectivity index (χ3n) is 5.11. The molecule has 1 aromatic rings. The van der Waals surface area contributed by atoms with E-state index in [9.17, 15) is 9.59 Å². The van der Waals surface area contributed by atoms with Gasteiger partial charge in [-0.3, -0.25) is 9.59 Å². The predicted octanol–water partition coefficient (Wildman–Crippen LogP) is 0.870. The molecule has 2 fully saturated rings. The molecule has 0 atom stereocenters. The summed E-state index contributed by atoms with van der Waals surface area (Å²) < 4.78 is 0. The van der Waals surface area contributed by atoms with E-state index >= 15 is 0 Å². The van der Waals surface area contributed by atoms with Gasteiger partial charge in [-0.2, -0.15) is 0 Å². The number of anilines is 1. The highest BCUT2D eigenvalue weighted by molar-refractivity contribution is 14.0. The number of carbonyl (C=O) groups is 2. The van der Waals surface area contributed by atoms with E-state index < -0.39 is 0 Å². The first-order valence-corrected chi connectivity index (χ1v) is 9.96. The molecule has 29 heavy (non-hydrogen) atoms. The van der Waals surface area contributed by atoms with Crippen molar-refractivity contribution in [2.75, 3.05) is 57.3 Å². The molecule has 1 aromatic carbocycles. The van der Waals surface area contributed by atoms with Crippen LogP contribution >= 0.6 is 24.0 Å². The second kappa shape index (κ2) is 11.2. The summed E-state index contributed by atoms with van der Waals surface area (Å²) in [5, 5.41) is 6.20. The lowest BCUT2D eigenvalue weighted by molar-refractivity contribution is -0.130. The molecule has 0 aliphatic carbocycles. The van der Waals surface area contributed by atoms with Gasteiger partial charge >= 0.3 is 0 Å². The van der Waals surface area contributed by atoms with E-state index in [1.54, 1.807) is 6.92 Å². The molecule has 2 amide bonds. The highest BCUT2D eigenvalue weighted by atomic mass is 127. The zero-order valence-corrected chi connectivity index (χ0v) is 19.5. The smallest absolute Gasteiger partial charge is 0.239 e. The number of amides is 2. The zero-order valence-electron chi connectivity index (χ0n) is 17.2. The average molecular weight is 514 g/mol. The fourth-order valence-electron chi connectivity index (χ4n) is 3.50. The summed E-state index contributed by atoms with van der Waals surface area (Å²) in [5.41, 5.74) is 2.19. The van der Waals surface area contributed by atoms with Crippen LogP contribution < -0.4 is 15.5 Å². The first-order chi connectivity index (χ1) is 13.6. The number of piperazine rings is 2. The van der Waals surface area contributed by atoms with E-state index in [2.05, 4.69) is 51.6 Å². The molecule has 0 aromatic heterocycles. The van der Waals surface area contributed by atoms with Crippen LogP contribution in [0.1, 0.15) is 19.4 Å². The Morgan fingerprint density at radius 3 is 2.34 bits per heavy atom. The first kappa shape index (κ1) is 23.2. The largest absolute Gasteiger partial charge is 0.360 e. The van der Waals surface area contributed by atoms with Crippen LogP contribution in [0.25, 0.3) is 0 Å². The lowest BCUT2D eigenvalue weighted by Crippen LogP contribution is -2.53. The molecule has 9 heteroatoms. The van der Waals surface area contributed by atoms with Crippen molar-refractivity contribution in [3.8, 4) is 0 Å². The summed E-state index contributed by atoms with van der Waals surface area (Å²) >= 11 is 0. The minimum atomic E-state index is 0. The Morgan fingerprint density at radius 2 is 1.76 bits per heavy atom. The lowest BCUT2D eigenvalue weighted by atomic mass is 10.2. The van der Waals surface area contributed by atoms with Gasteiger partial charge in [0, 0.05) is 58.4 Å². The van der Waals surface area contributed by atoms with Crippen molar-refractivity contribution in [3.63, 3.8) is 0 Å². The normalized spacial score (nSPS) is 17.5. The van der Waals surface area contributed by atoms with Gasteiger partial charge in [-0.05, 0) is 24.6 Å². The van der Waals surface area contributed by atoms with Crippen LogP contribution in [0.4, 0.5) is 5.69 Å². The van der Waals surface area contributed by atoms with Crippen LogP contribution in [0.5, 0.6) is 0 Å². The quantitative estimate of drug-likeness (QED) is 0.354. The van der Waals surface area contributed by atoms with Crippen LogP contribution in [0.15, 0.2) is 29.3 Å². The van der Waals surface area contributed by atoms with E-state index in [1.165, 1.54) is 0 Å². The Labute approximate surface area is 189 Å². The molecule has 2 heterocycles. The Morgan fingerprint density at radius 1 is 1.10 bits per heavy atom. The standard InChI is InChI=1S/C20H30N6O2.HI/c1-3-21-20(25-12-10-24(11-13-25)16(2)27)23-14-17-4-6-18(7-5-17)26-9-8-22-19(28)15-26;/h4-7H,3,8-15H2,1-2H3,(H,21,23)(H,22,28);1H. The van der Waals surface area contributed by atoms with Gasteiger partial charge in [0.25, 0.3) is 0 Å². The van der Waals surface area contributed by atoms with Gasteiger partial charge in [0.05, 0.1) is 13.1 Å². The third-order valence-corrected chi connectivity index (χ3v) is 5.11. The van der Waals surface area contributed by atoms with Gasteiger partial charge in [0.15, 0.2) is 5.96 Å². The van der Waals surface area contributed by atoms with Gasteiger partial charge in [-0.25, -0.2) is 4.99 Å². The molecule has 8 nitrogen and oxygen atoms in total. The number of aliphatic imine (C=N–C) groups is 1. The molecular formula is C20H31IN6O2. The monoisotopic (exact) mass is 514 g/mol. The lowest BCUT2D eigenvalue weighted by Gasteiger charge is -2.36. The van der Waals surface area contributed by atoms with Crippen molar-refractivity contribution in [1.29, 1.82) is 0 Å². The Kier molecular flexibility index (Phi) is 8.99. The number of carbonyl (C=O) groups excluding carboxylic acids is 2. The molecule has 0 saturated carbocycles. The van der Waals surface area contributed by atoms with Crippen molar-refractivity contribution in [3.05, 3.63) is 29.8 Å². The van der Waals surface area contributed by atoms with Crippen LogP contribution in [0.3, 0.4) is 0 Å². The van der Waals surface area contributed by atoms with Gasteiger partial charge in [-0.1, -0.05) is 12.1 Å². The number of guanidine groups is 1. The molecule has 0 bridgehead atoms. The maximum Gasteiger partial charge on any atom is 0.239 e. The summed E-state index contributed by atoms with van der Waals surface area (Å²) in [6, 6.07) is 8.26. The number of nitrogens with zero attached hydrogens (tertiary/aromatic N) is 4. The number of hydrogen-bond acceptors (Lipinski definition) is 4. The predicted molar refractivity (Wildman–Crippen MR) is 126 cm³/mol. The van der Waals surface area contributed by atoms with Gasteiger partial charge < -0.3 is 25.3 Å². The second-order valence-corrected chi connectivity index (χ2v) is 7.10. The number of benzene rings is 1. The van der Waals surface area contributed by atoms with Crippen molar-refractivity contribution < 1.29 is 9.59 Å². The molecule has 2 N–H and O–H groups in total. The van der Waals surface area contributed by atoms with Crippen LogP contribution in [0.2, 0.25) is 0 Å². The number of hydrogen-bond donors (Lipinski definition) is 2. The first-order valence-electron chi connectivity index (χ1n) is 9.96. The molecule has 3 rings (SSSR count). The summed E-state index contributed by atoms with van der Waals surface area (Å²) in [5.74, 6) is 1.09. The SMILES string of the molecule is CCNC(=NCc1ccc(N2CCNC(=O)C2)cc1)N1CCN(C(C)=O)CC1.I.